The van der Waals surface area contributed by atoms with Crippen LogP contribution in [0.5, 0.6) is 0 Å². The Balaban J connectivity index is 1.96. The number of aryl methyl sites for hydroxylation is 1. The number of rotatable bonds is 4. The maximum Gasteiger partial charge on any atom is 0.0722 e. The van der Waals surface area contributed by atoms with Crippen molar-refractivity contribution in [3.63, 3.8) is 0 Å². The van der Waals surface area contributed by atoms with E-state index in [4.69, 9.17) is 0 Å². The largest absolute Gasteiger partial charge is 0.313 e. The van der Waals surface area contributed by atoms with E-state index in [9.17, 15) is 0 Å². The van der Waals surface area contributed by atoms with Crippen LogP contribution in [0.25, 0.3) is 10.9 Å². The fourth-order valence-corrected chi connectivity index (χ4v) is 2.70. The van der Waals surface area contributed by atoms with E-state index in [0.717, 1.165) is 12.1 Å². The molecule has 1 heterocycles. The molecule has 0 saturated heterocycles. The van der Waals surface area contributed by atoms with Crippen LogP contribution in [-0.2, 0) is 13.5 Å². The predicted molar refractivity (Wildman–Crippen MR) is 82.7 cm³/mol. The Morgan fingerprint density at radius 1 is 1.05 bits per heavy atom. The number of nitrogens with one attached hydrogen (secondary N) is 1. The van der Waals surface area contributed by atoms with E-state index in [1.165, 1.54) is 16.5 Å². The normalized spacial score (nSPS) is 12.7. The molecule has 0 aliphatic carbocycles. The molecule has 1 N–H and O–H groups in total. The lowest BCUT2D eigenvalue weighted by atomic mass is 10.0. The number of hydrogen-bond donors (Lipinski definition) is 1. The Kier molecular flexibility index (Phi) is 3.52. The third-order valence-electron chi connectivity index (χ3n) is 3.78. The van der Waals surface area contributed by atoms with Gasteiger partial charge in [-0.15, -0.1) is 0 Å². The summed E-state index contributed by atoms with van der Waals surface area (Å²) >= 11 is 0. The molecule has 0 bridgehead atoms. The van der Waals surface area contributed by atoms with Crippen molar-refractivity contribution >= 4 is 10.9 Å². The van der Waals surface area contributed by atoms with Gasteiger partial charge in [-0.3, -0.25) is 4.68 Å². The Hall–Kier alpha value is -2.13. The Labute approximate surface area is 119 Å². The summed E-state index contributed by atoms with van der Waals surface area (Å²) < 4.78 is 1.96. The quantitative estimate of drug-likeness (QED) is 0.785. The summed E-state index contributed by atoms with van der Waals surface area (Å²) in [5, 5.41) is 9.31. The van der Waals surface area contributed by atoms with E-state index < -0.39 is 0 Å². The minimum Gasteiger partial charge on any atom is -0.313 e. The Bertz CT molecular complexity index is 701. The van der Waals surface area contributed by atoms with Crippen LogP contribution in [0, 0.1) is 0 Å². The Morgan fingerprint density at radius 3 is 2.50 bits per heavy atom. The maximum absolute atomic E-state index is 4.68. The van der Waals surface area contributed by atoms with Crippen LogP contribution in [0.1, 0.15) is 17.3 Å². The number of likely N-dealkylation sites (N-methyl/N-ethyl adjacent to an activating group) is 1. The molecule has 1 aromatic heterocycles. The van der Waals surface area contributed by atoms with Crippen LogP contribution in [-0.4, -0.2) is 16.8 Å². The third kappa shape index (κ3) is 2.32. The standard InChI is InChI=1S/C17H19N3/c1-18-15(13-8-4-3-5-9-13)12-16-14-10-6-7-11-17(14)20(2)19-16/h3-11,15,18H,12H2,1-2H3. The summed E-state index contributed by atoms with van der Waals surface area (Å²) in [5.74, 6) is 0. The molecular weight excluding hydrogens is 246 g/mol. The lowest BCUT2D eigenvalue weighted by molar-refractivity contribution is 0.579. The van der Waals surface area contributed by atoms with Gasteiger partial charge in [0.2, 0.25) is 0 Å². The predicted octanol–water partition coefficient (Wildman–Crippen LogP) is 3.08. The second-order valence-corrected chi connectivity index (χ2v) is 5.04. The number of hydrogen-bond acceptors (Lipinski definition) is 2. The third-order valence-corrected chi connectivity index (χ3v) is 3.78. The van der Waals surface area contributed by atoms with Gasteiger partial charge < -0.3 is 5.32 Å². The first-order valence-electron chi connectivity index (χ1n) is 6.92. The smallest absolute Gasteiger partial charge is 0.0722 e. The molecule has 0 saturated carbocycles. The number of aromatic nitrogens is 2. The van der Waals surface area contributed by atoms with Crippen LogP contribution in [0.3, 0.4) is 0 Å². The highest BCUT2D eigenvalue weighted by atomic mass is 15.3. The molecule has 3 heteroatoms. The van der Waals surface area contributed by atoms with Gasteiger partial charge in [0.05, 0.1) is 11.2 Å². The fraction of sp³-hybridized carbons (Fsp3) is 0.235. The molecule has 0 radical (unpaired) electrons. The van der Waals surface area contributed by atoms with Crippen molar-refractivity contribution in [1.82, 2.24) is 15.1 Å². The first-order valence-corrected chi connectivity index (χ1v) is 6.92. The van der Waals surface area contributed by atoms with Crippen molar-refractivity contribution in [2.24, 2.45) is 7.05 Å². The summed E-state index contributed by atoms with van der Waals surface area (Å²) in [6, 6.07) is 19.2. The number of para-hydroxylation sites is 1. The molecule has 2 aromatic carbocycles. The molecular formula is C17H19N3. The SMILES string of the molecule is CNC(Cc1nn(C)c2ccccc12)c1ccccc1. The fourth-order valence-electron chi connectivity index (χ4n) is 2.70. The van der Waals surface area contributed by atoms with E-state index in [2.05, 4.69) is 58.9 Å². The van der Waals surface area contributed by atoms with Crippen LogP contribution in [0.15, 0.2) is 54.6 Å². The zero-order valence-electron chi connectivity index (χ0n) is 11.9. The summed E-state index contributed by atoms with van der Waals surface area (Å²) in [4.78, 5) is 0. The molecule has 102 valence electrons. The van der Waals surface area contributed by atoms with Gasteiger partial charge in [0.1, 0.15) is 0 Å². The van der Waals surface area contributed by atoms with E-state index in [1.54, 1.807) is 0 Å². The highest BCUT2D eigenvalue weighted by molar-refractivity contribution is 5.81. The summed E-state index contributed by atoms with van der Waals surface area (Å²) in [5.41, 5.74) is 3.63. The molecule has 1 atom stereocenters. The highest BCUT2D eigenvalue weighted by Gasteiger charge is 2.14. The van der Waals surface area contributed by atoms with E-state index in [-0.39, 0.29) is 6.04 Å². The van der Waals surface area contributed by atoms with E-state index >= 15 is 0 Å². The van der Waals surface area contributed by atoms with Gasteiger partial charge in [0, 0.05) is 24.9 Å². The zero-order chi connectivity index (χ0) is 13.9. The van der Waals surface area contributed by atoms with Crippen molar-refractivity contribution in [2.75, 3.05) is 7.05 Å². The van der Waals surface area contributed by atoms with Gasteiger partial charge in [0.15, 0.2) is 0 Å². The van der Waals surface area contributed by atoms with Crippen molar-refractivity contribution in [3.05, 3.63) is 65.9 Å². The first kappa shape index (κ1) is 12.9. The lowest BCUT2D eigenvalue weighted by Crippen LogP contribution is -2.19. The molecule has 3 nitrogen and oxygen atoms in total. The van der Waals surface area contributed by atoms with Crippen molar-refractivity contribution < 1.29 is 0 Å². The monoisotopic (exact) mass is 265 g/mol. The van der Waals surface area contributed by atoms with Crippen LogP contribution in [0.4, 0.5) is 0 Å². The molecule has 0 fully saturated rings. The van der Waals surface area contributed by atoms with Crippen LogP contribution in [0.2, 0.25) is 0 Å². The van der Waals surface area contributed by atoms with Gasteiger partial charge in [-0.1, -0.05) is 48.5 Å². The van der Waals surface area contributed by atoms with Gasteiger partial charge >= 0.3 is 0 Å². The van der Waals surface area contributed by atoms with Gasteiger partial charge in [0.25, 0.3) is 0 Å². The lowest BCUT2D eigenvalue weighted by Gasteiger charge is -2.15. The molecule has 0 amide bonds. The first-order chi connectivity index (χ1) is 9.79. The second-order valence-electron chi connectivity index (χ2n) is 5.04. The van der Waals surface area contributed by atoms with E-state index in [1.807, 2.05) is 24.8 Å². The van der Waals surface area contributed by atoms with Crippen LogP contribution < -0.4 is 5.32 Å². The molecule has 1 unspecified atom stereocenters. The average Bonchev–Trinajstić information content (AvgIpc) is 2.82. The second kappa shape index (κ2) is 5.47. The molecule has 3 aromatic rings. The molecule has 0 aliphatic heterocycles. The van der Waals surface area contributed by atoms with Gasteiger partial charge in [-0.05, 0) is 18.7 Å². The van der Waals surface area contributed by atoms with E-state index in [0.29, 0.717) is 0 Å². The van der Waals surface area contributed by atoms with Gasteiger partial charge in [-0.25, -0.2) is 0 Å². The summed E-state index contributed by atoms with van der Waals surface area (Å²) in [7, 11) is 4.01. The zero-order valence-corrected chi connectivity index (χ0v) is 11.9. The average molecular weight is 265 g/mol. The summed E-state index contributed by atoms with van der Waals surface area (Å²) in [6.45, 7) is 0. The topological polar surface area (TPSA) is 29.9 Å². The molecule has 0 aliphatic rings. The molecule has 3 rings (SSSR count). The van der Waals surface area contributed by atoms with Crippen molar-refractivity contribution in [2.45, 2.75) is 12.5 Å². The molecule has 0 spiro atoms. The van der Waals surface area contributed by atoms with Gasteiger partial charge in [-0.2, -0.15) is 5.10 Å². The van der Waals surface area contributed by atoms with Crippen molar-refractivity contribution in [3.8, 4) is 0 Å². The Morgan fingerprint density at radius 2 is 1.75 bits per heavy atom. The highest BCUT2D eigenvalue weighted by Crippen LogP contribution is 2.23. The minimum atomic E-state index is 0.287. The number of nitrogens with zero attached hydrogens (tertiary/aromatic N) is 2. The minimum absolute atomic E-state index is 0.287. The van der Waals surface area contributed by atoms with Crippen molar-refractivity contribution in [1.29, 1.82) is 0 Å². The summed E-state index contributed by atoms with van der Waals surface area (Å²) in [6.07, 6.45) is 0.891. The number of fused-ring (bicyclic) bond motifs is 1. The number of benzene rings is 2. The maximum atomic E-state index is 4.68. The van der Waals surface area contributed by atoms with Crippen LogP contribution >= 0.6 is 0 Å². The molecule has 20 heavy (non-hydrogen) atoms.